The molecule has 0 atom stereocenters. The highest BCUT2D eigenvalue weighted by Crippen LogP contribution is 2.14. The molecule has 0 aromatic heterocycles. The molecule has 1 amide bonds. The second-order valence-electron chi connectivity index (χ2n) is 4.94. The SMILES string of the molecule is CN(C)CCCN(C)C(=O)C1CCNCC1. The number of nitrogens with one attached hydrogen (secondary N) is 1. The van der Waals surface area contributed by atoms with Crippen LogP contribution in [0.2, 0.25) is 0 Å². The van der Waals surface area contributed by atoms with Gasteiger partial charge < -0.3 is 15.1 Å². The first-order valence-electron chi connectivity index (χ1n) is 6.21. The fraction of sp³-hybridized carbons (Fsp3) is 0.917. The normalized spacial score (nSPS) is 17.8. The Morgan fingerprint density at radius 3 is 2.38 bits per heavy atom. The van der Waals surface area contributed by atoms with Crippen molar-refractivity contribution in [3.63, 3.8) is 0 Å². The van der Waals surface area contributed by atoms with Crippen LogP contribution in [0.15, 0.2) is 0 Å². The van der Waals surface area contributed by atoms with Gasteiger partial charge in [-0.2, -0.15) is 0 Å². The first-order chi connectivity index (χ1) is 7.61. The van der Waals surface area contributed by atoms with Gasteiger partial charge in [0, 0.05) is 19.5 Å². The zero-order valence-electron chi connectivity index (χ0n) is 10.8. The van der Waals surface area contributed by atoms with E-state index in [1.165, 1.54) is 0 Å². The van der Waals surface area contributed by atoms with Crippen LogP contribution in [0.1, 0.15) is 19.3 Å². The molecule has 1 rings (SSSR count). The molecule has 0 unspecified atom stereocenters. The average molecular weight is 227 g/mol. The first kappa shape index (κ1) is 13.5. The summed E-state index contributed by atoms with van der Waals surface area (Å²) in [6.07, 6.45) is 3.05. The maximum absolute atomic E-state index is 12.1. The predicted octanol–water partition coefficient (Wildman–Crippen LogP) is 0.396. The molecule has 16 heavy (non-hydrogen) atoms. The Kier molecular flexibility index (Phi) is 5.77. The number of piperidine rings is 1. The van der Waals surface area contributed by atoms with E-state index in [4.69, 9.17) is 0 Å². The minimum atomic E-state index is 0.255. The van der Waals surface area contributed by atoms with Gasteiger partial charge in [0.15, 0.2) is 0 Å². The number of hydrogen-bond acceptors (Lipinski definition) is 3. The highest BCUT2D eigenvalue weighted by Gasteiger charge is 2.23. The van der Waals surface area contributed by atoms with Gasteiger partial charge in [0.1, 0.15) is 0 Å². The van der Waals surface area contributed by atoms with E-state index in [1.54, 1.807) is 0 Å². The van der Waals surface area contributed by atoms with Gasteiger partial charge in [-0.05, 0) is 53.0 Å². The molecule has 1 heterocycles. The summed E-state index contributed by atoms with van der Waals surface area (Å²) in [6, 6.07) is 0. The second kappa shape index (κ2) is 6.86. The van der Waals surface area contributed by atoms with Crippen molar-refractivity contribution >= 4 is 5.91 Å². The third-order valence-corrected chi connectivity index (χ3v) is 3.16. The summed E-state index contributed by atoms with van der Waals surface area (Å²) >= 11 is 0. The zero-order chi connectivity index (χ0) is 12.0. The van der Waals surface area contributed by atoms with E-state index in [-0.39, 0.29) is 5.92 Å². The van der Waals surface area contributed by atoms with E-state index in [2.05, 4.69) is 24.3 Å². The van der Waals surface area contributed by atoms with Gasteiger partial charge in [0.05, 0.1) is 0 Å². The van der Waals surface area contributed by atoms with E-state index in [0.29, 0.717) is 5.91 Å². The molecule has 1 saturated heterocycles. The van der Waals surface area contributed by atoms with Crippen LogP contribution in [0.5, 0.6) is 0 Å². The minimum absolute atomic E-state index is 0.255. The monoisotopic (exact) mass is 227 g/mol. The van der Waals surface area contributed by atoms with Gasteiger partial charge in [-0.15, -0.1) is 0 Å². The molecule has 0 saturated carbocycles. The number of carbonyl (C=O) groups excluding carboxylic acids is 1. The number of amides is 1. The molecular formula is C12H25N3O. The van der Waals surface area contributed by atoms with Crippen LogP contribution >= 0.6 is 0 Å². The van der Waals surface area contributed by atoms with Gasteiger partial charge in [0.2, 0.25) is 5.91 Å². The number of nitrogens with zero attached hydrogens (tertiary/aromatic N) is 2. The molecule has 0 aromatic carbocycles. The molecule has 0 bridgehead atoms. The fourth-order valence-corrected chi connectivity index (χ4v) is 2.11. The van der Waals surface area contributed by atoms with Crippen LogP contribution in [0.4, 0.5) is 0 Å². The van der Waals surface area contributed by atoms with E-state index >= 15 is 0 Å². The van der Waals surface area contributed by atoms with Crippen LogP contribution in [0.25, 0.3) is 0 Å². The molecular weight excluding hydrogens is 202 g/mol. The lowest BCUT2D eigenvalue weighted by atomic mass is 9.97. The number of hydrogen-bond donors (Lipinski definition) is 1. The van der Waals surface area contributed by atoms with Crippen molar-refractivity contribution in [2.24, 2.45) is 5.92 Å². The Morgan fingerprint density at radius 1 is 1.19 bits per heavy atom. The Hall–Kier alpha value is -0.610. The third-order valence-electron chi connectivity index (χ3n) is 3.16. The lowest BCUT2D eigenvalue weighted by Crippen LogP contribution is -2.40. The van der Waals surface area contributed by atoms with Crippen molar-refractivity contribution < 1.29 is 4.79 Å². The van der Waals surface area contributed by atoms with E-state index in [9.17, 15) is 4.79 Å². The summed E-state index contributed by atoms with van der Waals surface area (Å²) in [5, 5.41) is 3.29. The Morgan fingerprint density at radius 2 is 1.81 bits per heavy atom. The largest absolute Gasteiger partial charge is 0.345 e. The maximum Gasteiger partial charge on any atom is 0.225 e. The summed E-state index contributed by atoms with van der Waals surface area (Å²) in [5.74, 6) is 0.589. The van der Waals surface area contributed by atoms with E-state index in [1.807, 2.05) is 11.9 Å². The van der Waals surface area contributed by atoms with Gasteiger partial charge in [0.25, 0.3) is 0 Å². The number of carbonyl (C=O) groups is 1. The summed E-state index contributed by atoms with van der Waals surface area (Å²) < 4.78 is 0. The summed E-state index contributed by atoms with van der Waals surface area (Å²) in [7, 11) is 6.06. The topological polar surface area (TPSA) is 35.6 Å². The molecule has 1 aliphatic heterocycles. The Labute approximate surface area is 99.0 Å². The fourth-order valence-electron chi connectivity index (χ4n) is 2.11. The van der Waals surface area contributed by atoms with Crippen molar-refractivity contribution in [1.82, 2.24) is 15.1 Å². The predicted molar refractivity (Wildman–Crippen MR) is 66.4 cm³/mol. The van der Waals surface area contributed by atoms with Crippen LogP contribution in [-0.4, -0.2) is 63.0 Å². The van der Waals surface area contributed by atoms with Gasteiger partial charge in [-0.3, -0.25) is 4.79 Å². The molecule has 0 spiro atoms. The van der Waals surface area contributed by atoms with Gasteiger partial charge in [-0.25, -0.2) is 0 Å². The lowest BCUT2D eigenvalue weighted by molar-refractivity contribution is -0.135. The van der Waals surface area contributed by atoms with Crippen molar-refractivity contribution in [2.45, 2.75) is 19.3 Å². The van der Waals surface area contributed by atoms with E-state index < -0.39 is 0 Å². The molecule has 1 aliphatic rings. The van der Waals surface area contributed by atoms with Crippen molar-refractivity contribution in [2.75, 3.05) is 47.3 Å². The smallest absolute Gasteiger partial charge is 0.225 e. The van der Waals surface area contributed by atoms with Crippen molar-refractivity contribution in [3.05, 3.63) is 0 Å². The maximum atomic E-state index is 12.1. The lowest BCUT2D eigenvalue weighted by Gasteiger charge is -2.27. The summed E-state index contributed by atoms with van der Waals surface area (Å²) in [4.78, 5) is 16.1. The van der Waals surface area contributed by atoms with E-state index in [0.717, 1.165) is 45.4 Å². The Bertz CT molecular complexity index is 212. The second-order valence-corrected chi connectivity index (χ2v) is 4.94. The molecule has 0 aliphatic carbocycles. The molecule has 1 N–H and O–H groups in total. The summed E-state index contributed by atoms with van der Waals surface area (Å²) in [6.45, 7) is 3.90. The number of rotatable bonds is 5. The van der Waals surface area contributed by atoms with Crippen LogP contribution in [0, 0.1) is 5.92 Å². The zero-order valence-corrected chi connectivity index (χ0v) is 10.8. The minimum Gasteiger partial charge on any atom is -0.345 e. The highest BCUT2D eigenvalue weighted by molar-refractivity contribution is 5.78. The average Bonchev–Trinajstić information content (AvgIpc) is 2.28. The molecule has 1 fully saturated rings. The molecule has 4 heteroatoms. The first-order valence-corrected chi connectivity index (χ1v) is 6.21. The van der Waals surface area contributed by atoms with Crippen molar-refractivity contribution in [1.29, 1.82) is 0 Å². The molecule has 94 valence electrons. The quantitative estimate of drug-likeness (QED) is 0.738. The van der Waals surface area contributed by atoms with Gasteiger partial charge >= 0.3 is 0 Å². The Balaban J connectivity index is 2.23. The highest BCUT2D eigenvalue weighted by atomic mass is 16.2. The molecule has 0 aromatic rings. The van der Waals surface area contributed by atoms with Crippen LogP contribution < -0.4 is 5.32 Å². The van der Waals surface area contributed by atoms with Crippen LogP contribution in [0.3, 0.4) is 0 Å². The van der Waals surface area contributed by atoms with Gasteiger partial charge in [-0.1, -0.05) is 0 Å². The molecule has 0 radical (unpaired) electrons. The van der Waals surface area contributed by atoms with Crippen molar-refractivity contribution in [3.8, 4) is 0 Å². The van der Waals surface area contributed by atoms with Crippen LogP contribution in [-0.2, 0) is 4.79 Å². The molecule has 4 nitrogen and oxygen atoms in total. The third kappa shape index (κ3) is 4.49. The summed E-state index contributed by atoms with van der Waals surface area (Å²) in [5.41, 5.74) is 0. The standard InChI is InChI=1S/C12H25N3O/c1-14(2)9-4-10-15(3)12(16)11-5-7-13-8-6-11/h11,13H,4-10H2,1-3H3.